The van der Waals surface area contributed by atoms with Crippen molar-refractivity contribution in [3.8, 4) is 23.1 Å². The van der Waals surface area contributed by atoms with E-state index in [-0.39, 0.29) is 54.4 Å². The molecule has 0 saturated carbocycles. The Balaban J connectivity index is 1.08. The van der Waals surface area contributed by atoms with Crippen LogP contribution in [-0.4, -0.2) is 54.7 Å². The van der Waals surface area contributed by atoms with Crippen LogP contribution in [0.25, 0.3) is 11.6 Å². The van der Waals surface area contributed by atoms with Crippen molar-refractivity contribution in [2.45, 2.75) is 62.0 Å². The molecule has 0 saturated heterocycles. The minimum Gasteiger partial charge on any atom is -0.469 e. The predicted molar refractivity (Wildman–Crippen MR) is 226 cm³/mol. The normalized spacial score (nSPS) is 21.8. The maximum absolute atomic E-state index is 14.3. The van der Waals surface area contributed by atoms with Crippen molar-refractivity contribution in [1.29, 1.82) is 0 Å². The predicted octanol–water partition coefficient (Wildman–Crippen LogP) is 8.02. The highest BCUT2D eigenvalue weighted by Crippen LogP contribution is 2.60. The van der Waals surface area contributed by atoms with Gasteiger partial charge < -0.3 is 43.8 Å². The quantitative estimate of drug-likeness (QED) is 0.0847. The Kier molecular flexibility index (Phi) is 9.93. The van der Waals surface area contributed by atoms with Gasteiger partial charge in [-0.3, -0.25) is 4.79 Å². The molecule has 6 heterocycles. The third-order valence-corrected chi connectivity index (χ3v) is 13.4. The molecule has 4 aliphatic heterocycles. The number of carbonyl (C=O) groups excluding carboxylic acids is 2. The second-order valence-electron chi connectivity index (χ2n) is 16.1. The number of anilines is 2. The van der Waals surface area contributed by atoms with Gasteiger partial charge in [0.25, 0.3) is 0 Å². The number of ether oxygens (including phenoxy) is 2. The minimum atomic E-state index is -5.95. The number of aromatic nitrogens is 2. The van der Waals surface area contributed by atoms with Crippen molar-refractivity contribution < 1.29 is 53.7 Å². The van der Waals surface area contributed by atoms with E-state index in [0.717, 1.165) is 27.4 Å². The number of rotatable bonds is 8. The smallest absolute Gasteiger partial charge is 0.469 e. The molecule has 2 amide bonds. The second kappa shape index (κ2) is 15.3. The molecule has 2 aromatic heterocycles. The van der Waals surface area contributed by atoms with Gasteiger partial charge in [-0.25, -0.2) is 14.8 Å². The van der Waals surface area contributed by atoms with E-state index in [4.69, 9.17) is 23.3 Å². The highest BCUT2D eigenvalue weighted by atomic mass is 79.9. The zero-order chi connectivity index (χ0) is 44.7. The summed E-state index contributed by atoms with van der Waals surface area (Å²) in [7, 11) is -5.95. The van der Waals surface area contributed by atoms with Gasteiger partial charge in [0.1, 0.15) is 35.6 Å². The molecule has 20 heteroatoms. The maximum atomic E-state index is 14.3. The van der Waals surface area contributed by atoms with E-state index in [1.807, 2.05) is 74.5 Å². The highest BCUT2D eigenvalue weighted by Gasteiger charge is 2.61. The molecule has 4 bridgehead atoms. The molecule has 64 heavy (non-hydrogen) atoms. The van der Waals surface area contributed by atoms with Gasteiger partial charge in [-0.15, -0.1) is 0 Å². The molecule has 5 atom stereocenters. The van der Waals surface area contributed by atoms with Crippen LogP contribution in [0.3, 0.4) is 0 Å². The third kappa shape index (κ3) is 6.81. The average molecular weight is 962 g/mol. The van der Waals surface area contributed by atoms with Crippen molar-refractivity contribution in [2.75, 3.05) is 17.2 Å². The first-order valence-corrected chi connectivity index (χ1v) is 22.3. The number of para-hydroxylation sites is 2. The molecular weight excluding hydrogens is 925 g/mol. The topological polar surface area (TPSA) is 196 Å². The van der Waals surface area contributed by atoms with E-state index in [9.17, 15) is 31.2 Å². The fraction of sp³-hybridized carbons (Fsp3) is 0.273. The number of carbonyl (C=O) groups is 2. The summed E-state index contributed by atoms with van der Waals surface area (Å²) < 4.78 is 94.7. The summed E-state index contributed by atoms with van der Waals surface area (Å²) in [5.41, 5.74) is -2.57. The number of hydrogen-bond acceptors (Lipinski definition) is 13. The fourth-order valence-electron chi connectivity index (χ4n) is 8.78. The molecule has 15 nitrogen and oxygen atoms in total. The number of nitrogens with zero attached hydrogens (tertiary/aromatic N) is 2. The lowest BCUT2D eigenvalue weighted by atomic mass is 9.72. The van der Waals surface area contributed by atoms with Crippen LogP contribution in [-0.2, 0) is 38.1 Å². The molecule has 4 aromatic carbocycles. The molecular formula is C44H36BrF3N6O9S. The lowest BCUT2D eigenvalue weighted by molar-refractivity contribution is -0.124. The van der Waals surface area contributed by atoms with Gasteiger partial charge in [-0.1, -0.05) is 80.6 Å². The van der Waals surface area contributed by atoms with Crippen molar-refractivity contribution in [2.24, 2.45) is 5.92 Å². The van der Waals surface area contributed by atoms with Gasteiger partial charge in [-0.05, 0) is 56.7 Å². The first-order valence-electron chi connectivity index (χ1n) is 20.1. The number of nitrogens with one attached hydrogen (secondary N) is 4. The Hall–Kier alpha value is -6.54. The van der Waals surface area contributed by atoms with Crippen LogP contribution in [0.2, 0.25) is 0 Å². The van der Waals surface area contributed by atoms with Crippen molar-refractivity contribution in [3.05, 3.63) is 141 Å². The van der Waals surface area contributed by atoms with Gasteiger partial charge in [-0.2, -0.15) is 21.6 Å². The monoisotopic (exact) mass is 960 g/mol. The summed E-state index contributed by atoms with van der Waals surface area (Å²) in [4.78, 5) is 37.3. The summed E-state index contributed by atoms with van der Waals surface area (Å²) in [6.45, 7) is 3.86. The summed E-state index contributed by atoms with van der Waals surface area (Å²) in [5.74, 6) is -0.764. The molecule has 6 aromatic rings. The Bertz CT molecular complexity index is 2960. The van der Waals surface area contributed by atoms with E-state index < -0.39 is 63.0 Å². The maximum Gasteiger partial charge on any atom is 0.534 e. The first kappa shape index (κ1) is 41.5. The number of oxazole rings is 2. The average Bonchev–Trinajstić information content (AvgIpc) is 4.09. The van der Waals surface area contributed by atoms with Gasteiger partial charge >= 0.3 is 21.7 Å². The lowest BCUT2D eigenvalue weighted by Crippen LogP contribution is -2.49. The summed E-state index contributed by atoms with van der Waals surface area (Å²) in [6, 6.07) is 22.6. The van der Waals surface area contributed by atoms with Crippen LogP contribution in [0, 0.1) is 5.92 Å². The van der Waals surface area contributed by atoms with Gasteiger partial charge in [0.2, 0.25) is 17.7 Å². The van der Waals surface area contributed by atoms with E-state index in [2.05, 4.69) is 46.4 Å². The summed E-state index contributed by atoms with van der Waals surface area (Å²) in [6.07, 6.45) is -0.0260. The van der Waals surface area contributed by atoms with E-state index in [1.54, 1.807) is 12.1 Å². The molecule has 0 fully saturated rings. The number of halogens is 4. The SMILES string of the molecule is CC(C)[C@@H]1NC(=O)[C@@H](NC(=O)OCc2ccccc2)Cc2ccc3c(c2)C2(c4cccc(Br)c4NC2O3)c2oc1nc2-c1ncc(C2CNc3c(OS(=O)(=O)C(F)(F)F)cccc32)o1. The Labute approximate surface area is 371 Å². The number of alkyl halides is 3. The van der Waals surface area contributed by atoms with Crippen molar-refractivity contribution >= 4 is 49.4 Å². The van der Waals surface area contributed by atoms with Crippen LogP contribution < -0.4 is 30.2 Å². The van der Waals surface area contributed by atoms with Crippen LogP contribution in [0.15, 0.2) is 104 Å². The van der Waals surface area contributed by atoms with Crippen LogP contribution >= 0.6 is 15.9 Å². The molecule has 330 valence electrons. The fourth-order valence-corrected chi connectivity index (χ4v) is 9.73. The molecule has 1 spiro atoms. The lowest BCUT2D eigenvalue weighted by Gasteiger charge is -2.28. The molecule has 0 radical (unpaired) electrons. The second-order valence-corrected chi connectivity index (χ2v) is 18.5. The molecule has 4 aliphatic rings. The Morgan fingerprint density at radius 1 is 1.00 bits per heavy atom. The number of benzene rings is 4. The number of fused-ring (bicyclic) bond motifs is 5. The van der Waals surface area contributed by atoms with Crippen molar-refractivity contribution in [1.82, 2.24) is 20.6 Å². The van der Waals surface area contributed by atoms with Gasteiger partial charge in [0.15, 0.2) is 23.4 Å². The minimum absolute atomic E-state index is 0.00635. The zero-order valence-corrected chi connectivity index (χ0v) is 36.1. The molecule has 3 unspecified atom stereocenters. The number of hydrogen-bond donors (Lipinski definition) is 4. The Morgan fingerprint density at radius 3 is 2.58 bits per heavy atom. The first-order chi connectivity index (χ1) is 30.6. The molecule has 0 aliphatic carbocycles. The molecule has 10 rings (SSSR count). The third-order valence-electron chi connectivity index (χ3n) is 11.8. The number of alkyl carbamates (subject to hydrolysis) is 1. The van der Waals surface area contributed by atoms with Crippen molar-refractivity contribution in [3.63, 3.8) is 0 Å². The van der Waals surface area contributed by atoms with Gasteiger partial charge in [0.05, 0.1) is 23.5 Å². The Morgan fingerprint density at radius 2 is 1.80 bits per heavy atom. The summed E-state index contributed by atoms with van der Waals surface area (Å²) >= 11 is 3.70. The van der Waals surface area contributed by atoms with Crippen LogP contribution in [0.4, 0.5) is 29.3 Å². The van der Waals surface area contributed by atoms with E-state index in [0.29, 0.717) is 28.2 Å². The highest BCUT2D eigenvalue weighted by molar-refractivity contribution is 9.10. The van der Waals surface area contributed by atoms with E-state index in [1.165, 1.54) is 12.3 Å². The van der Waals surface area contributed by atoms with Crippen LogP contribution in [0.5, 0.6) is 11.5 Å². The molecule has 4 N–H and O–H groups in total. The zero-order valence-electron chi connectivity index (χ0n) is 33.7. The summed E-state index contributed by atoms with van der Waals surface area (Å²) in [5, 5.41) is 12.3. The van der Waals surface area contributed by atoms with Crippen LogP contribution in [0.1, 0.15) is 71.0 Å². The standard InChI is InChI=1S/C44H36BrF3N6O9S/c1-21(2)33-40-53-36(39-50-19-32(60-39)25-18-49-34-24(25)10-6-13-31(34)63-64(57,58)44(46,47)48)37(62-40)43-26-11-7-12-28(45)35(26)54-41(43)61-30-15-14-23(16-27(30)43)17-29(38(55)52-33)51-42(56)59-20-22-8-4-3-5-9-22/h3-16,19,21,25,29,33,41,49,54H,17-18,20H2,1-2H3,(H,51,56)(H,52,55)/t25?,29-,33-,41?,43?/m0/s1. The largest absolute Gasteiger partial charge is 0.534 e. The van der Waals surface area contributed by atoms with Gasteiger partial charge in [0, 0.05) is 28.6 Å². The number of amides is 2. The van der Waals surface area contributed by atoms with E-state index >= 15 is 0 Å².